The lowest BCUT2D eigenvalue weighted by Crippen LogP contribution is -2.47. The van der Waals surface area contributed by atoms with Crippen LogP contribution >= 0.6 is 15.9 Å². The molecule has 0 radical (unpaired) electrons. The van der Waals surface area contributed by atoms with Crippen molar-refractivity contribution in [2.45, 2.75) is 32.7 Å². The lowest BCUT2D eigenvalue weighted by atomic mass is 10.0. The first-order valence-electron chi connectivity index (χ1n) is 11.3. The second kappa shape index (κ2) is 11.6. The van der Waals surface area contributed by atoms with Gasteiger partial charge in [0.2, 0.25) is 11.9 Å². The largest absolute Gasteiger partial charge is 0.365 e. The number of hydrogen-bond donors (Lipinski definition) is 3. The van der Waals surface area contributed by atoms with Gasteiger partial charge in [-0.1, -0.05) is 13.8 Å². The van der Waals surface area contributed by atoms with Crippen LogP contribution in [-0.4, -0.2) is 77.9 Å². The van der Waals surface area contributed by atoms with Crippen molar-refractivity contribution in [1.82, 2.24) is 25.1 Å². The molecule has 2 heterocycles. The zero-order valence-electron chi connectivity index (χ0n) is 19.0. The molecule has 1 saturated heterocycles. The van der Waals surface area contributed by atoms with E-state index >= 15 is 0 Å². The predicted octanol–water partition coefficient (Wildman–Crippen LogP) is 3.33. The molecule has 2 fully saturated rings. The zero-order valence-corrected chi connectivity index (χ0v) is 20.6. The van der Waals surface area contributed by atoms with Crippen LogP contribution in [-0.2, 0) is 4.79 Å². The second-order valence-electron chi connectivity index (χ2n) is 8.59. The molecule has 2 aliphatic rings. The fourth-order valence-corrected chi connectivity index (χ4v) is 4.66. The molecule has 0 spiro atoms. The van der Waals surface area contributed by atoms with E-state index in [1.807, 2.05) is 29.2 Å². The number of anilines is 3. The molecule has 0 unspecified atom stereocenters. The average Bonchev–Trinajstić information content (AvgIpc) is 3.29. The van der Waals surface area contributed by atoms with Gasteiger partial charge in [-0.3, -0.25) is 9.59 Å². The lowest BCUT2D eigenvalue weighted by Gasteiger charge is -2.32. The molecular weight excluding hydrogens is 498 g/mol. The summed E-state index contributed by atoms with van der Waals surface area (Å²) in [5, 5.41) is 9.36. The fourth-order valence-electron chi connectivity index (χ4n) is 4.35. The normalized spacial score (nSPS) is 20.4. The topological polar surface area (TPSA) is 102 Å². The van der Waals surface area contributed by atoms with Crippen LogP contribution in [0.1, 0.15) is 37.0 Å². The number of rotatable bonds is 6. The quantitative estimate of drug-likeness (QED) is 0.525. The highest BCUT2D eigenvalue weighted by Gasteiger charge is 2.33. The number of benzene rings is 1. The number of piperazine rings is 1. The molecule has 184 valence electrons. The van der Waals surface area contributed by atoms with E-state index in [4.69, 9.17) is 0 Å². The molecular formula is C24H34BrN7O2. The Kier molecular flexibility index (Phi) is 8.84. The van der Waals surface area contributed by atoms with Gasteiger partial charge in [0.25, 0.3) is 5.91 Å². The number of hydrogen-bond acceptors (Lipinski definition) is 7. The van der Waals surface area contributed by atoms with Gasteiger partial charge in [-0.15, -0.1) is 0 Å². The minimum absolute atomic E-state index is 0. The van der Waals surface area contributed by atoms with Gasteiger partial charge in [0.05, 0.1) is 10.4 Å². The highest BCUT2D eigenvalue weighted by atomic mass is 79.9. The summed E-state index contributed by atoms with van der Waals surface area (Å²) in [6, 6.07) is 7.41. The van der Waals surface area contributed by atoms with E-state index in [0.717, 1.165) is 55.6 Å². The van der Waals surface area contributed by atoms with Gasteiger partial charge in [0, 0.05) is 56.7 Å². The van der Waals surface area contributed by atoms with Gasteiger partial charge in [-0.2, -0.15) is 4.98 Å². The van der Waals surface area contributed by atoms with Crippen LogP contribution in [0, 0.1) is 5.92 Å². The third kappa shape index (κ3) is 6.04. The van der Waals surface area contributed by atoms with Crippen LogP contribution < -0.4 is 16.0 Å². The summed E-state index contributed by atoms with van der Waals surface area (Å²) in [6.45, 7) is 3.29. The van der Waals surface area contributed by atoms with Crippen LogP contribution in [0.15, 0.2) is 34.9 Å². The van der Waals surface area contributed by atoms with Crippen LogP contribution in [0.5, 0.6) is 0 Å². The Morgan fingerprint density at radius 2 is 1.79 bits per heavy atom. The summed E-state index contributed by atoms with van der Waals surface area (Å²) in [5.41, 5.74) is 1.47. The SMILES string of the molecule is C.CNC(=O)[C@H]1CCC[C@H]1Nc1nc(Nc2ccc(C(=O)N3CCN(C)CC3)cc2)ncc1Br. The van der Waals surface area contributed by atoms with Crippen LogP contribution in [0.25, 0.3) is 0 Å². The number of aromatic nitrogens is 2. The molecule has 1 saturated carbocycles. The number of carbonyl (C=O) groups excluding carboxylic acids is 2. The summed E-state index contributed by atoms with van der Waals surface area (Å²) < 4.78 is 0.740. The molecule has 2 atom stereocenters. The number of nitrogens with zero attached hydrogens (tertiary/aromatic N) is 4. The molecule has 2 amide bonds. The molecule has 2 aromatic rings. The predicted molar refractivity (Wildman–Crippen MR) is 138 cm³/mol. The Hall–Kier alpha value is -2.72. The lowest BCUT2D eigenvalue weighted by molar-refractivity contribution is -0.124. The fraction of sp³-hybridized carbons (Fsp3) is 0.500. The molecule has 1 aliphatic heterocycles. The van der Waals surface area contributed by atoms with Gasteiger partial charge in [-0.05, 0) is 60.1 Å². The van der Waals surface area contributed by atoms with Crippen molar-refractivity contribution in [3.8, 4) is 0 Å². The summed E-state index contributed by atoms with van der Waals surface area (Å²) in [7, 11) is 3.74. The van der Waals surface area contributed by atoms with Crippen LogP contribution in [0.3, 0.4) is 0 Å². The number of halogens is 1. The number of carbonyl (C=O) groups is 2. The van der Waals surface area contributed by atoms with E-state index in [2.05, 4.69) is 53.8 Å². The van der Waals surface area contributed by atoms with E-state index in [9.17, 15) is 9.59 Å². The van der Waals surface area contributed by atoms with Gasteiger partial charge in [0.1, 0.15) is 5.82 Å². The standard InChI is InChI=1S/C23H30BrN7O2.CH4/c1-25-21(32)17-4-3-5-19(17)28-20-18(24)14-26-23(29-20)27-16-8-6-15(7-9-16)22(33)31-12-10-30(2)11-13-31;/h6-9,14,17,19H,3-5,10-13H2,1-2H3,(H,25,32)(H2,26,27,28,29);1H4/t17-,19+;/m0./s1. The van der Waals surface area contributed by atoms with Crippen LogP contribution in [0.2, 0.25) is 0 Å². The highest BCUT2D eigenvalue weighted by molar-refractivity contribution is 9.10. The van der Waals surface area contributed by atoms with E-state index < -0.39 is 0 Å². The zero-order chi connectivity index (χ0) is 23.4. The summed E-state index contributed by atoms with van der Waals surface area (Å²) in [4.78, 5) is 38.0. The molecule has 1 aromatic carbocycles. The van der Waals surface area contributed by atoms with Crippen molar-refractivity contribution in [1.29, 1.82) is 0 Å². The van der Waals surface area contributed by atoms with Crippen molar-refractivity contribution in [2.75, 3.05) is 50.9 Å². The molecule has 3 N–H and O–H groups in total. The van der Waals surface area contributed by atoms with Gasteiger partial charge in [-0.25, -0.2) is 4.98 Å². The van der Waals surface area contributed by atoms with E-state index in [1.54, 1.807) is 13.2 Å². The second-order valence-corrected chi connectivity index (χ2v) is 9.44. The summed E-state index contributed by atoms with van der Waals surface area (Å²) in [5.74, 6) is 1.13. The first-order valence-corrected chi connectivity index (χ1v) is 12.1. The van der Waals surface area contributed by atoms with Gasteiger partial charge in [0.15, 0.2) is 0 Å². The van der Waals surface area contributed by atoms with Crippen molar-refractivity contribution < 1.29 is 9.59 Å². The van der Waals surface area contributed by atoms with Crippen molar-refractivity contribution >= 4 is 45.2 Å². The number of likely N-dealkylation sites (N-methyl/N-ethyl adjacent to an activating group) is 1. The number of nitrogens with one attached hydrogen (secondary N) is 3. The molecule has 0 bridgehead atoms. The average molecular weight is 532 g/mol. The maximum absolute atomic E-state index is 12.7. The summed E-state index contributed by atoms with van der Waals surface area (Å²) in [6.07, 6.45) is 4.47. The summed E-state index contributed by atoms with van der Waals surface area (Å²) >= 11 is 3.50. The highest BCUT2D eigenvalue weighted by Crippen LogP contribution is 2.31. The van der Waals surface area contributed by atoms with Crippen LogP contribution in [0.4, 0.5) is 17.5 Å². The first-order chi connectivity index (χ1) is 15.9. The third-order valence-electron chi connectivity index (χ3n) is 6.34. The minimum Gasteiger partial charge on any atom is -0.365 e. The number of amides is 2. The molecule has 1 aliphatic carbocycles. The van der Waals surface area contributed by atoms with Crippen molar-refractivity contribution in [3.63, 3.8) is 0 Å². The molecule has 9 nitrogen and oxygen atoms in total. The van der Waals surface area contributed by atoms with Crippen molar-refractivity contribution in [3.05, 3.63) is 40.5 Å². The third-order valence-corrected chi connectivity index (χ3v) is 6.92. The van der Waals surface area contributed by atoms with Gasteiger partial charge >= 0.3 is 0 Å². The van der Waals surface area contributed by atoms with E-state index in [1.165, 1.54) is 0 Å². The maximum atomic E-state index is 12.7. The molecule has 4 rings (SSSR count). The first kappa shape index (κ1) is 25.9. The minimum atomic E-state index is -0.0707. The monoisotopic (exact) mass is 531 g/mol. The Morgan fingerprint density at radius 3 is 2.47 bits per heavy atom. The Bertz CT molecular complexity index is 993. The molecule has 10 heteroatoms. The smallest absolute Gasteiger partial charge is 0.253 e. The molecule has 1 aromatic heterocycles. The molecule has 34 heavy (non-hydrogen) atoms. The Morgan fingerprint density at radius 1 is 1.09 bits per heavy atom. The van der Waals surface area contributed by atoms with Gasteiger partial charge < -0.3 is 25.8 Å². The van der Waals surface area contributed by atoms with E-state index in [-0.39, 0.29) is 31.2 Å². The Labute approximate surface area is 209 Å². The van der Waals surface area contributed by atoms with E-state index in [0.29, 0.717) is 17.3 Å². The maximum Gasteiger partial charge on any atom is 0.253 e. The Balaban J connectivity index is 0.00000324. The van der Waals surface area contributed by atoms with Crippen molar-refractivity contribution in [2.24, 2.45) is 5.92 Å².